The van der Waals surface area contributed by atoms with Gasteiger partial charge in [-0.05, 0) is 23.7 Å². The summed E-state index contributed by atoms with van der Waals surface area (Å²) in [6, 6.07) is 5.20. The van der Waals surface area contributed by atoms with Crippen LogP contribution >= 0.6 is 0 Å². The second kappa shape index (κ2) is 5.09. The third-order valence-corrected chi connectivity index (χ3v) is 1.64. The van der Waals surface area contributed by atoms with Crippen LogP contribution in [-0.2, 0) is 0 Å². The summed E-state index contributed by atoms with van der Waals surface area (Å²) >= 11 is 0. The van der Waals surface area contributed by atoms with Crippen LogP contribution in [0.5, 0.6) is 5.75 Å². The van der Waals surface area contributed by atoms with E-state index in [2.05, 4.69) is 14.8 Å². The van der Waals surface area contributed by atoms with Gasteiger partial charge in [0.25, 0.3) is 0 Å². The Morgan fingerprint density at radius 3 is 2.71 bits per heavy atom. The van der Waals surface area contributed by atoms with Crippen molar-refractivity contribution >= 4 is 5.69 Å². The van der Waals surface area contributed by atoms with Crippen molar-refractivity contribution in [3.63, 3.8) is 0 Å². The molecule has 0 bridgehead atoms. The SMILES string of the molecule is N#Cc1cc(N=[N+]=[N-])ccc1OCC(F)(F)F. The van der Waals surface area contributed by atoms with E-state index < -0.39 is 12.8 Å². The molecule has 0 aliphatic heterocycles. The van der Waals surface area contributed by atoms with Crippen LogP contribution < -0.4 is 4.74 Å². The van der Waals surface area contributed by atoms with Crippen molar-refractivity contribution in [1.82, 2.24) is 0 Å². The van der Waals surface area contributed by atoms with Crippen molar-refractivity contribution in [2.45, 2.75) is 6.18 Å². The number of nitrogens with zero attached hydrogens (tertiary/aromatic N) is 4. The fourth-order valence-corrected chi connectivity index (χ4v) is 1.00. The van der Waals surface area contributed by atoms with Crippen LogP contribution in [0.2, 0.25) is 0 Å². The molecule has 0 saturated carbocycles. The summed E-state index contributed by atoms with van der Waals surface area (Å²) < 4.78 is 40.2. The van der Waals surface area contributed by atoms with E-state index in [0.717, 1.165) is 12.1 Å². The van der Waals surface area contributed by atoms with E-state index in [-0.39, 0.29) is 17.0 Å². The Hall–Kier alpha value is -2.39. The monoisotopic (exact) mass is 242 g/mol. The summed E-state index contributed by atoms with van der Waals surface area (Å²) in [6.45, 7) is -1.48. The molecule has 0 amide bonds. The number of alkyl halides is 3. The summed E-state index contributed by atoms with van der Waals surface area (Å²) in [5.41, 5.74) is 8.16. The number of ether oxygens (including phenoxy) is 1. The van der Waals surface area contributed by atoms with Gasteiger partial charge >= 0.3 is 6.18 Å². The van der Waals surface area contributed by atoms with Gasteiger partial charge in [-0.15, -0.1) is 0 Å². The Bertz CT molecular complexity index is 500. The second-order valence-corrected chi connectivity index (χ2v) is 2.89. The maximum Gasteiger partial charge on any atom is 0.422 e. The molecule has 8 heteroatoms. The Morgan fingerprint density at radius 1 is 1.47 bits per heavy atom. The molecule has 0 atom stereocenters. The molecule has 17 heavy (non-hydrogen) atoms. The van der Waals surface area contributed by atoms with Gasteiger partial charge in [-0.2, -0.15) is 18.4 Å². The molecule has 0 aliphatic carbocycles. The molecule has 1 rings (SSSR count). The lowest BCUT2D eigenvalue weighted by molar-refractivity contribution is -0.153. The first-order valence-electron chi connectivity index (χ1n) is 4.25. The number of hydrogen-bond acceptors (Lipinski definition) is 3. The Balaban J connectivity index is 2.94. The van der Waals surface area contributed by atoms with Crippen molar-refractivity contribution in [1.29, 1.82) is 5.26 Å². The van der Waals surface area contributed by atoms with Crippen LogP contribution in [0.4, 0.5) is 18.9 Å². The highest BCUT2D eigenvalue weighted by Gasteiger charge is 2.28. The lowest BCUT2D eigenvalue weighted by Crippen LogP contribution is -2.19. The number of rotatable bonds is 3. The average Bonchev–Trinajstić information content (AvgIpc) is 2.26. The third kappa shape index (κ3) is 3.93. The zero-order valence-corrected chi connectivity index (χ0v) is 8.27. The van der Waals surface area contributed by atoms with E-state index in [1.807, 2.05) is 0 Å². The first-order chi connectivity index (χ1) is 7.96. The number of nitriles is 1. The van der Waals surface area contributed by atoms with Crippen molar-refractivity contribution in [3.05, 3.63) is 34.2 Å². The molecule has 5 nitrogen and oxygen atoms in total. The van der Waals surface area contributed by atoms with Gasteiger partial charge in [-0.25, -0.2) is 0 Å². The molecule has 0 heterocycles. The molecule has 0 aromatic heterocycles. The molecule has 0 spiro atoms. The van der Waals surface area contributed by atoms with Crippen LogP contribution in [0.1, 0.15) is 5.56 Å². The van der Waals surface area contributed by atoms with E-state index in [1.54, 1.807) is 6.07 Å². The largest absolute Gasteiger partial charge is 0.483 e. The molecule has 0 saturated heterocycles. The maximum atomic E-state index is 11.9. The molecule has 1 aromatic carbocycles. The first kappa shape index (κ1) is 12.7. The van der Waals surface area contributed by atoms with Crippen LogP contribution in [0.3, 0.4) is 0 Å². The Kier molecular flexibility index (Phi) is 3.80. The van der Waals surface area contributed by atoms with Crippen LogP contribution in [0, 0.1) is 11.3 Å². The third-order valence-electron chi connectivity index (χ3n) is 1.64. The van der Waals surface area contributed by atoms with E-state index in [9.17, 15) is 13.2 Å². The van der Waals surface area contributed by atoms with Gasteiger partial charge in [-0.3, -0.25) is 0 Å². The molecular weight excluding hydrogens is 237 g/mol. The summed E-state index contributed by atoms with van der Waals surface area (Å²) in [5.74, 6) is -0.207. The molecule has 0 aliphatic rings. The standard InChI is InChI=1S/C9H5F3N4O/c10-9(11,12)5-17-8-2-1-7(15-16-14)3-6(8)4-13/h1-3H,5H2. The highest BCUT2D eigenvalue weighted by atomic mass is 19.4. The van der Waals surface area contributed by atoms with Crippen LogP contribution in [-0.4, -0.2) is 12.8 Å². The van der Waals surface area contributed by atoms with E-state index in [4.69, 9.17) is 10.8 Å². The number of halogens is 3. The van der Waals surface area contributed by atoms with Gasteiger partial charge in [0.2, 0.25) is 0 Å². The summed E-state index contributed by atoms with van der Waals surface area (Å²) in [6.07, 6.45) is -4.48. The highest BCUT2D eigenvalue weighted by molar-refractivity contribution is 5.52. The van der Waals surface area contributed by atoms with Gasteiger partial charge in [0.15, 0.2) is 6.61 Å². The minimum absolute atomic E-state index is 0.126. The van der Waals surface area contributed by atoms with Gasteiger partial charge in [0.1, 0.15) is 11.8 Å². The Labute approximate surface area is 93.7 Å². The fraction of sp³-hybridized carbons (Fsp3) is 0.222. The van der Waals surface area contributed by atoms with Crippen LogP contribution in [0.25, 0.3) is 10.4 Å². The minimum Gasteiger partial charge on any atom is -0.483 e. The zero-order chi connectivity index (χ0) is 12.9. The average molecular weight is 242 g/mol. The molecule has 1 aromatic rings. The summed E-state index contributed by atoms with van der Waals surface area (Å²) in [5, 5.41) is 11.9. The molecule has 88 valence electrons. The fourth-order valence-electron chi connectivity index (χ4n) is 1.00. The lowest BCUT2D eigenvalue weighted by atomic mass is 10.2. The summed E-state index contributed by atoms with van der Waals surface area (Å²) in [7, 11) is 0. The number of benzene rings is 1. The molecule has 0 fully saturated rings. The van der Waals surface area contributed by atoms with Crippen LogP contribution in [0.15, 0.2) is 23.3 Å². The van der Waals surface area contributed by atoms with E-state index in [0.29, 0.717) is 0 Å². The van der Waals surface area contributed by atoms with E-state index >= 15 is 0 Å². The van der Waals surface area contributed by atoms with Crippen molar-refractivity contribution in [3.8, 4) is 11.8 Å². The maximum absolute atomic E-state index is 11.9. The summed E-state index contributed by atoms with van der Waals surface area (Å²) in [4.78, 5) is 2.49. The van der Waals surface area contributed by atoms with Gasteiger partial charge < -0.3 is 4.74 Å². The predicted molar refractivity (Wildman–Crippen MR) is 51.5 cm³/mol. The van der Waals surface area contributed by atoms with Gasteiger partial charge in [0, 0.05) is 10.6 Å². The smallest absolute Gasteiger partial charge is 0.422 e. The quantitative estimate of drug-likeness (QED) is 0.462. The molecular formula is C9H5F3N4O. The molecule has 0 unspecified atom stereocenters. The van der Waals surface area contributed by atoms with Crippen molar-refractivity contribution in [2.24, 2.45) is 5.11 Å². The van der Waals surface area contributed by atoms with E-state index in [1.165, 1.54) is 6.07 Å². The first-order valence-corrected chi connectivity index (χ1v) is 4.25. The van der Waals surface area contributed by atoms with Crippen molar-refractivity contribution < 1.29 is 17.9 Å². The second-order valence-electron chi connectivity index (χ2n) is 2.89. The number of hydrogen-bond donors (Lipinski definition) is 0. The highest BCUT2D eigenvalue weighted by Crippen LogP contribution is 2.26. The zero-order valence-electron chi connectivity index (χ0n) is 8.27. The predicted octanol–water partition coefficient (Wildman–Crippen LogP) is 3.44. The van der Waals surface area contributed by atoms with Gasteiger partial charge in [-0.1, -0.05) is 5.11 Å². The molecule has 0 N–H and O–H groups in total. The van der Waals surface area contributed by atoms with Gasteiger partial charge in [0.05, 0.1) is 5.56 Å². The minimum atomic E-state index is -4.48. The Morgan fingerprint density at radius 2 is 2.18 bits per heavy atom. The molecule has 0 radical (unpaired) electrons. The normalized spacial score (nSPS) is 10.2. The lowest BCUT2D eigenvalue weighted by Gasteiger charge is -2.10. The number of azide groups is 1. The van der Waals surface area contributed by atoms with Crippen molar-refractivity contribution in [2.75, 3.05) is 6.61 Å². The topological polar surface area (TPSA) is 81.8 Å².